The minimum Gasteiger partial charge on any atom is -0.469 e. The normalized spacial score (nSPS) is 23.2. The molecule has 0 spiro atoms. The Bertz CT molecular complexity index is 425. The first-order valence-corrected chi connectivity index (χ1v) is 10.6. The number of esters is 2. The molecular weight excluding hydrogens is 348 g/mol. The molecule has 0 radical (unpaired) electrons. The molecule has 1 aliphatic heterocycles. The van der Waals surface area contributed by atoms with Crippen molar-refractivity contribution in [2.24, 2.45) is 0 Å². The van der Waals surface area contributed by atoms with Gasteiger partial charge in [0, 0.05) is 19.8 Å². The van der Waals surface area contributed by atoms with Gasteiger partial charge in [-0.15, -0.1) is 0 Å². The number of carbonyl (C=O) groups is 2. The molecule has 1 rings (SSSR count). The van der Waals surface area contributed by atoms with Crippen LogP contribution in [-0.2, 0) is 23.8 Å². The zero-order valence-corrected chi connectivity index (χ0v) is 17.3. The van der Waals surface area contributed by atoms with E-state index in [4.69, 9.17) is 9.47 Å². The Kier molecular flexibility index (Phi) is 12.3. The average Bonchev–Trinajstić information content (AvgIpc) is 3.02. The number of carbonyl (C=O) groups excluding carboxylic acids is 2. The van der Waals surface area contributed by atoms with Gasteiger partial charge < -0.3 is 19.3 Å². The first-order chi connectivity index (χ1) is 13.0. The first kappa shape index (κ1) is 23.9. The molecule has 1 saturated heterocycles. The van der Waals surface area contributed by atoms with Gasteiger partial charge in [-0.25, -0.2) is 0 Å². The van der Waals surface area contributed by atoms with Crippen LogP contribution in [0.25, 0.3) is 0 Å². The van der Waals surface area contributed by atoms with Crippen molar-refractivity contribution in [3.63, 3.8) is 0 Å². The van der Waals surface area contributed by atoms with Crippen molar-refractivity contribution in [3.8, 4) is 0 Å². The number of aliphatic hydroxyl groups excluding tert-OH is 1. The second kappa shape index (κ2) is 13.9. The second-order valence-electron chi connectivity index (χ2n) is 7.54. The monoisotopic (exact) mass is 386 g/mol. The molecule has 1 N–H and O–H groups in total. The van der Waals surface area contributed by atoms with Crippen molar-refractivity contribution in [2.45, 2.75) is 115 Å². The first-order valence-electron chi connectivity index (χ1n) is 10.6. The van der Waals surface area contributed by atoms with E-state index in [1.165, 1.54) is 14.0 Å². The maximum Gasteiger partial charge on any atom is 0.305 e. The highest BCUT2D eigenvalue weighted by atomic mass is 16.6. The number of rotatable bonds is 14. The molecule has 0 aromatic carbocycles. The summed E-state index contributed by atoms with van der Waals surface area (Å²) in [6.07, 6.45) is 9.68. The van der Waals surface area contributed by atoms with Gasteiger partial charge in [0.1, 0.15) is 6.10 Å². The van der Waals surface area contributed by atoms with E-state index in [1.807, 2.05) is 0 Å². The van der Waals surface area contributed by atoms with Crippen LogP contribution in [0.5, 0.6) is 0 Å². The fourth-order valence-corrected chi connectivity index (χ4v) is 3.62. The Morgan fingerprint density at radius 3 is 2.48 bits per heavy atom. The van der Waals surface area contributed by atoms with Crippen LogP contribution in [0.4, 0.5) is 0 Å². The van der Waals surface area contributed by atoms with E-state index >= 15 is 0 Å². The standard InChI is InChI=1S/C21H38O6/c1-4-5-9-13-18-20(26-16(2)22)15-19(27-18)17(23)12-10-7-6-8-11-14-21(24)25-3/h17-20,23H,4-15H2,1-3H3/t17-,18+,19-,20+/m1/s1. The quantitative estimate of drug-likeness (QED) is 0.360. The summed E-state index contributed by atoms with van der Waals surface area (Å²) in [6.45, 7) is 3.58. The molecule has 1 aliphatic rings. The fraction of sp³-hybridized carbons (Fsp3) is 0.905. The van der Waals surface area contributed by atoms with Crippen LogP contribution in [0.15, 0.2) is 0 Å². The second-order valence-corrected chi connectivity index (χ2v) is 7.54. The third kappa shape index (κ3) is 10.1. The van der Waals surface area contributed by atoms with Crippen LogP contribution in [-0.4, -0.2) is 48.6 Å². The zero-order chi connectivity index (χ0) is 20.1. The van der Waals surface area contributed by atoms with Gasteiger partial charge in [-0.05, 0) is 19.3 Å². The molecule has 0 unspecified atom stereocenters. The van der Waals surface area contributed by atoms with Gasteiger partial charge in [0.05, 0.1) is 25.4 Å². The van der Waals surface area contributed by atoms with E-state index in [1.54, 1.807) is 0 Å². The summed E-state index contributed by atoms with van der Waals surface area (Å²) in [4.78, 5) is 22.4. The molecule has 0 aromatic rings. The van der Waals surface area contributed by atoms with Gasteiger partial charge in [0.25, 0.3) is 0 Å². The highest BCUT2D eigenvalue weighted by Crippen LogP contribution is 2.30. The maximum absolute atomic E-state index is 11.3. The lowest BCUT2D eigenvalue weighted by atomic mass is 10.00. The summed E-state index contributed by atoms with van der Waals surface area (Å²) in [7, 11) is 1.41. The van der Waals surface area contributed by atoms with Gasteiger partial charge in [0.2, 0.25) is 0 Å². The van der Waals surface area contributed by atoms with E-state index < -0.39 is 6.10 Å². The van der Waals surface area contributed by atoms with Crippen molar-refractivity contribution >= 4 is 11.9 Å². The van der Waals surface area contributed by atoms with Gasteiger partial charge in [-0.2, -0.15) is 0 Å². The molecule has 6 heteroatoms. The predicted molar refractivity (Wildman–Crippen MR) is 103 cm³/mol. The summed E-state index contributed by atoms with van der Waals surface area (Å²) in [5.74, 6) is -0.439. The lowest BCUT2D eigenvalue weighted by molar-refractivity contribution is -0.149. The predicted octanol–water partition coefficient (Wildman–Crippen LogP) is 3.92. The van der Waals surface area contributed by atoms with Gasteiger partial charge in [-0.1, -0.05) is 51.9 Å². The fourth-order valence-electron chi connectivity index (χ4n) is 3.62. The summed E-state index contributed by atoms with van der Waals surface area (Å²) in [5, 5.41) is 10.5. The van der Waals surface area contributed by atoms with E-state index in [9.17, 15) is 14.7 Å². The molecule has 27 heavy (non-hydrogen) atoms. The summed E-state index contributed by atoms with van der Waals surface area (Å²) >= 11 is 0. The molecule has 0 amide bonds. The Hall–Kier alpha value is -1.14. The Labute approximate surface area is 163 Å². The van der Waals surface area contributed by atoms with Crippen LogP contribution in [0.1, 0.15) is 90.9 Å². The third-order valence-electron chi connectivity index (χ3n) is 5.18. The molecule has 0 bridgehead atoms. The molecule has 1 fully saturated rings. The van der Waals surface area contributed by atoms with E-state index in [0.29, 0.717) is 19.3 Å². The van der Waals surface area contributed by atoms with Crippen molar-refractivity contribution in [1.82, 2.24) is 0 Å². The minimum atomic E-state index is -0.519. The average molecular weight is 387 g/mol. The van der Waals surface area contributed by atoms with Crippen molar-refractivity contribution in [2.75, 3.05) is 7.11 Å². The SMILES string of the molecule is CCCCC[C@@H]1O[C@@H]([C@H](O)CCCCCCCC(=O)OC)C[C@@H]1OC(C)=O. The molecule has 4 atom stereocenters. The Morgan fingerprint density at radius 2 is 1.81 bits per heavy atom. The molecule has 0 aromatic heterocycles. The summed E-state index contributed by atoms with van der Waals surface area (Å²) in [5.41, 5.74) is 0. The van der Waals surface area contributed by atoms with E-state index in [-0.39, 0.29) is 30.3 Å². The molecule has 6 nitrogen and oxygen atoms in total. The van der Waals surface area contributed by atoms with Gasteiger partial charge in [-0.3, -0.25) is 9.59 Å². The van der Waals surface area contributed by atoms with Crippen molar-refractivity contribution < 1.29 is 28.9 Å². The zero-order valence-electron chi connectivity index (χ0n) is 17.3. The Morgan fingerprint density at radius 1 is 1.11 bits per heavy atom. The van der Waals surface area contributed by atoms with Crippen molar-refractivity contribution in [1.29, 1.82) is 0 Å². The maximum atomic E-state index is 11.3. The largest absolute Gasteiger partial charge is 0.469 e. The molecule has 1 heterocycles. The number of aliphatic hydroxyl groups is 1. The molecule has 0 aliphatic carbocycles. The highest BCUT2D eigenvalue weighted by Gasteiger charge is 2.39. The van der Waals surface area contributed by atoms with E-state index in [2.05, 4.69) is 11.7 Å². The van der Waals surface area contributed by atoms with Crippen molar-refractivity contribution in [3.05, 3.63) is 0 Å². The smallest absolute Gasteiger partial charge is 0.305 e. The molecule has 158 valence electrons. The lowest BCUT2D eigenvalue weighted by Gasteiger charge is -2.19. The third-order valence-corrected chi connectivity index (χ3v) is 5.18. The highest BCUT2D eigenvalue weighted by molar-refractivity contribution is 5.69. The minimum absolute atomic E-state index is 0.0987. The number of ether oxygens (including phenoxy) is 3. The molecular formula is C21H38O6. The summed E-state index contributed by atoms with van der Waals surface area (Å²) in [6, 6.07) is 0. The van der Waals surface area contributed by atoms with Gasteiger partial charge >= 0.3 is 11.9 Å². The van der Waals surface area contributed by atoms with Crippen LogP contribution in [0, 0.1) is 0 Å². The number of hydrogen-bond acceptors (Lipinski definition) is 6. The topological polar surface area (TPSA) is 82.1 Å². The number of unbranched alkanes of at least 4 members (excludes halogenated alkanes) is 6. The number of hydrogen-bond donors (Lipinski definition) is 1. The Balaban J connectivity index is 2.25. The van der Waals surface area contributed by atoms with Crippen LogP contribution >= 0.6 is 0 Å². The van der Waals surface area contributed by atoms with Gasteiger partial charge in [0.15, 0.2) is 0 Å². The van der Waals surface area contributed by atoms with Crippen LogP contribution in [0.2, 0.25) is 0 Å². The lowest BCUT2D eigenvalue weighted by Crippen LogP contribution is -2.26. The number of methoxy groups -OCH3 is 1. The van der Waals surface area contributed by atoms with E-state index in [0.717, 1.165) is 57.8 Å². The van der Waals surface area contributed by atoms with Crippen LogP contribution in [0.3, 0.4) is 0 Å². The molecule has 0 saturated carbocycles. The van der Waals surface area contributed by atoms with Crippen LogP contribution < -0.4 is 0 Å². The summed E-state index contributed by atoms with van der Waals surface area (Å²) < 4.78 is 16.1.